The molecular formula is C24H24N2O5. The first-order valence-electron chi connectivity index (χ1n) is 9.79. The molecule has 0 unspecified atom stereocenters. The van der Waals surface area contributed by atoms with Crippen LogP contribution in [0.5, 0.6) is 17.2 Å². The van der Waals surface area contributed by atoms with Gasteiger partial charge in [-0.3, -0.25) is 14.6 Å². The van der Waals surface area contributed by atoms with Crippen molar-refractivity contribution in [1.82, 2.24) is 4.98 Å². The molecule has 2 N–H and O–H groups in total. The van der Waals surface area contributed by atoms with Crippen molar-refractivity contribution >= 4 is 17.6 Å². The van der Waals surface area contributed by atoms with E-state index in [-0.39, 0.29) is 30.0 Å². The lowest BCUT2D eigenvalue weighted by Gasteiger charge is -2.10. The molecule has 3 rings (SSSR count). The number of rotatable bonds is 7. The van der Waals surface area contributed by atoms with E-state index >= 15 is 0 Å². The summed E-state index contributed by atoms with van der Waals surface area (Å²) in [6.07, 6.45) is 1.74. The maximum atomic E-state index is 12.4. The van der Waals surface area contributed by atoms with Gasteiger partial charge in [0.15, 0.2) is 11.5 Å². The summed E-state index contributed by atoms with van der Waals surface area (Å²) >= 11 is 0. The number of aromatic nitrogens is 1. The van der Waals surface area contributed by atoms with Gasteiger partial charge in [0, 0.05) is 17.4 Å². The summed E-state index contributed by atoms with van der Waals surface area (Å²) in [7, 11) is 1.46. The second kappa shape index (κ2) is 9.75. The normalized spacial score (nSPS) is 10.6. The van der Waals surface area contributed by atoms with Gasteiger partial charge >= 0.3 is 5.97 Å². The van der Waals surface area contributed by atoms with Gasteiger partial charge in [0.25, 0.3) is 0 Å². The van der Waals surface area contributed by atoms with Crippen molar-refractivity contribution in [2.24, 2.45) is 5.92 Å². The number of ether oxygens (including phenoxy) is 2. The number of esters is 1. The first kappa shape index (κ1) is 21.8. The van der Waals surface area contributed by atoms with Gasteiger partial charge in [-0.25, -0.2) is 0 Å². The molecule has 1 aromatic heterocycles. The van der Waals surface area contributed by atoms with Crippen molar-refractivity contribution in [1.29, 1.82) is 0 Å². The lowest BCUT2D eigenvalue weighted by Crippen LogP contribution is -2.14. The molecule has 1 heterocycles. The Labute approximate surface area is 180 Å². The molecule has 3 aromatic rings. The number of benzene rings is 2. The van der Waals surface area contributed by atoms with Crippen molar-refractivity contribution in [2.75, 3.05) is 12.4 Å². The summed E-state index contributed by atoms with van der Waals surface area (Å²) < 4.78 is 10.4. The topological polar surface area (TPSA) is 97.8 Å². The SMILES string of the molecule is COc1cc(CC(=O)Nc2ccnc(-c3ccc(OC(=O)C(C)C)cc3)c2)ccc1O. The van der Waals surface area contributed by atoms with Crippen LogP contribution in [0.3, 0.4) is 0 Å². The average Bonchev–Trinajstić information content (AvgIpc) is 2.75. The highest BCUT2D eigenvalue weighted by Gasteiger charge is 2.11. The van der Waals surface area contributed by atoms with Crippen LogP contribution in [0.1, 0.15) is 19.4 Å². The van der Waals surface area contributed by atoms with E-state index in [0.717, 1.165) is 5.56 Å². The van der Waals surface area contributed by atoms with Crippen molar-refractivity contribution in [3.8, 4) is 28.5 Å². The van der Waals surface area contributed by atoms with Gasteiger partial charge < -0.3 is 19.9 Å². The van der Waals surface area contributed by atoms with Gasteiger partial charge in [0.1, 0.15) is 5.75 Å². The lowest BCUT2D eigenvalue weighted by atomic mass is 10.1. The fourth-order valence-electron chi connectivity index (χ4n) is 2.82. The van der Waals surface area contributed by atoms with E-state index in [1.807, 2.05) is 0 Å². The van der Waals surface area contributed by atoms with Crippen molar-refractivity contribution in [2.45, 2.75) is 20.3 Å². The molecule has 0 spiro atoms. The third-order valence-electron chi connectivity index (χ3n) is 4.49. The number of aromatic hydroxyl groups is 1. The Balaban J connectivity index is 1.67. The summed E-state index contributed by atoms with van der Waals surface area (Å²) in [5, 5.41) is 12.5. The first-order chi connectivity index (χ1) is 14.9. The molecular weight excluding hydrogens is 396 g/mol. The molecule has 0 aliphatic heterocycles. The largest absolute Gasteiger partial charge is 0.504 e. The van der Waals surface area contributed by atoms with E-state index in [1.54, 1.807) is 68.6 Å². The van der Waals surface area contributed by atoms with Gasteiger partial charge in [0.2, 0.25) is 5.91 Å². The summed E-state index contributed by atoms with van der Waals surface area (Å²) in [5.41, 5.74) is 2.82. The van der Waals surface area contributed by atoms with Crippen LogP contribution in [0.4, 0.5) is 5.69 Å². The van der Waals surface area contributed by atoms with Gasteiger partial charge in [-0.05, 0) is 54.1 Å². The molecule has 2 aromatic carbocycles. The van der Waals surface area contributed by atoms with Crippen LogP contribution in [-0.2, 0) is 16.0 Å². The van der Waals surface area contributed by atoms with Gasteiger partial charge in [-0.1, -0.05) is 19.9 Å². The van der Waals surface area contributed by atoms with Crippen LogP contribution in [0.2, 0.25) is 0 Å². The summed E-state index contributed by atoms with van der Waals surface area (Å²) in [6.45, 7) is 3.55. The lowest BCUT2D eigenvalue weighted by molar-refractivity contribution is -0.137. The Kier molecular flexibility index (Phi) is 6.87. The number of nitrogens with one attached hydrogen (secondary N) is 1. The molecule has 0 bridgehead atoms. The monoisotopic (exact) mass is 420 g/mol. The summed E-state index contributed by atoms with van der Waals surface area (Å²) in [5.74, 6) is 0.109. The molecule has 0 aliphatic rings. The standard InChI is InChI=1S/C24H24N2O5/c1-15(2)24(29)31-19-7-5-17(6-8-19)20-14-18(10-11-25-20)26-23(28)13-16-4-9-21(27)22(12-16)30-3/h4-12,14-15,27H,13H2,1-3H3,(H,25,26,28). The van der Waals surface area contributed by atoms with Crippen LogP contribution in [0.25, 0.3) is 11.3 Å². The second-order valence-electron chi connectivity index (χ2n) is 7.26. The van der Waals surface area contributed by atoms with E-state index < -0.39 is 0 Å². The van der Waals surface area contributed by atoms with E-state index in [1.165, 1.54) is 13.2 Å². The predicted molar refractivity (Wildman–Crippen MR) is 117 cm³/mol. The zero-order valence-corrected chi connectivity index (χ0v) is 17.6. The van der Waals surface area contributed by atoms with Crippen molar-refractivity contribution < 1.29 is 24.2 Å². The Morgan fingerprint density at radius 1 is 1.06 bits per heavy atom. The number of hydrogen-bond acceptors (Lipinski definition) is 6. The number of pyridine rings is 1. The van der Waals surface area contributed by atoms with Crippen LogP contribution in [0, 0.1) is 5.92 Å². The van der Waals surface area contributed by atoms with Crippen LogP contribution < -0.4 is 14.8 Å². The Morgan fingerprint density at radius 2 is 1.81 bits per heavy atom. The number of hydrogen-bond donors (Lipinski definition) is 2. The van der Waals surface area contributed by atoms with Gasteiger partial charge in [-0.2, -0.15) is 0 Å². The molecule has 7 heteroatoms. The van der Waals surface area contributed by atoms with Crippen LogP contribution in [-0.4, -0.2) is 29.1 Å². The quantitative estimate of drug-likeness (QED) is 0.439. The number of carbonyl (C=O) groups is 2. The minimum absolute atomic E-state index is 0.0235. The highest BCUT2D eigenvalue weighted by Crippen LogP contribution is 2.27. The van der Waals surface area contributed by atoms with E-state index in [2.05, 4.69) is 10.3 Å². The zero-order valence-electron chi connectivity index (χ0n) is 17.6. The maximum absolute atomic E-state index is 12.4. The minimum atomic E-state index is -0.290. The van der Waals surface area contributed by atoms with E-state index in [0.29, 0.717) is 28.4 Å². The van der Waals surface area contributed by atoms with Gasteiger partial charge in [-0.15, -0.1) is 0 Å². The van der Waals surface area contributed by atoms with E-state index in [4.69, 9.17) is 9.47 Å². The molecule has 0 fully saturated rings. The molecule has 1 amide bonds. The molecule has 0 saturated carbocycles. The number of amides is 1. The van der Waals surface area contributed by atoms with Crippen LogP contribution in [0.15, 0.2) is 60.8 Å². The number of carbonyl (C=O) groups excluding carboxylic acids is 2. The van der Waals surface area contributed by atoms with Crippen molar-refractivity contribution in [3.05, 3.63) is 66.4 Å². The molecule has 0 atom stereocenters. The highest BCUT2D eigenvalue weighted by atomic mass is 16.5. The number of anilines is 1. The molecule has 0 saturated heterocycles. The predicted octanol–water partition coefficient (Wildman–Crippen LogP) is 4.21. The average molecular weight is 420 g/mol. The zero-order chi connectivity index (χ0) is 22.4. The smallest absolute Gasteiger partial charge is 0.313 e. The Bertz CT molecular complexity index is 1080. The third kappa shape index (κ3) is 5.82. The third-order valence-corrected chi connectivity index (χ3v) is 4.49. The summed E-state index contributed by atoms with van der Waals surface area (Å²) in [4.78, 5) is 28.5. The molecule has 0 radical (unpaired) electrons. The van der Waals surface area contributed by atoms with E-state index in [9.17, 15) is 14.7 Å². The minimum Gasteiger partial charge on any atom is -0.504 e. The number of nitrogens with zero attached hydrogens (tertiary/aromatic N) is 1. The first-order valence-corrected chi connectivity index (χ1v) is 9.79. The molecule has 7 nitrogen and oxygen atoms in total. The number of phenols is 1. The van der Waals surface area contributed by atoms with Crippen molar-refractivity contribution in [3.63, 3.8) is 0 Å². The molecule has 31 heavy (non-hydrogen) atoms. The maximum Gasteiger partial charge on any atom is 0.313 e. The number of methoxy groups -OCH3 is 1. The highest BCUT2D eigenvalue weighted by molar-refractivity contribution is 5.92. The van der Waals surface area contributed by atoms with Gasteiger partial charge in [0.05, 0.1) is 25.1 Å². The second-order valence-corrected chi connectivity index (χ2v) is 7.26. The fourth-order valence-corrected chi connectivity index (χ4v) is 2.82. The molecule has 0 aliphatic carbocycles. The Morgan fingerprint density at radius 3 is 2.48 bits per heavy atom. The number of phenolic OH excluding ortho intramolecular Hbond substituents is 1. The fraction of sp³-hybridized carbons (Fsp3) is 0.208. The summed E-state index contributed by atoms with van der Waals surface area (Å²) in [6, 6.07) is 15.3. The Hall–Kier alpha value is -3.87. The molecule has 160 valence electrons. The van der Waals surface area contributed by atoms with Crippen LogP contribution >= 0.6 is 0 Å².